The minimum Gasteiger partial charge on any atom is -0.319 e. The highest BCUT2D eigenvalue weighted by Crippen LogP contribution is 2.44. The standard InChI is InChI=1S/C9H6BrClF5N.ClH/c10-6-2-1-4(11)3-5(6)7(17)8(12,13)9(14,15)16;/h1-3,7H,17H2;1H/t7-;/m1./s1. The van der Waals surface area contributed by atoms with E-state index in [1.807, 2.05) is 0 Å². The van der Waals surface area contributed by atoms with Gasteiger partial charge in [-0.15, -0.1) is 12.4 Å². The van der Waals surface area contributed by atoms with Crippen LogP contribution < -0.4 is 5.73 Å². The number of alkyl halides is 5. The average molecular weight is 375 g/mol. The van der Waals surface area contributed by atoms with Crippen LogP contribution in [0.15, 0.2) is 22.7 Å². The Labute approximate surface area is 119 Å². The molecule has 0 aliphatic rings. The average Bonchev–Trinajstić information content (AvgIpc) is 2.19. The Hall–Kier alpha value is -0.110. The van der Waals surface area contributed by atoms with Gasteiger partial charge in [0, 0.05) is 9.50 Å². The highest BCUT2D eigenvalue weighted by Gasteiger charge is 2.61. The van der Waals surface area contributed by atoms with Crippen LogP contribution in [0.1, 0.15) is 11.6 Å². The van der Waals surface area contributed by atoms with Crippen molar-refractivity contribution in [2.75, 3.05) is 0 Å². The normalized spacial score (nSPS) is 14.0. The molecule has 1 atom stereocenters. The van der Waals surface area contributed by atoms with Crippen molar-refractivity contribution in [1.82, 2.24) is 0 Å². The first-order valence-corrected chi connectivity index (χ1v) is 5.39. The van der Waals surface area contributed by atoms with Gasteiger partial charge in [-0.2, -0.15) is 22.0 Å². The summed E-state index contributed by atoms with van der Waals surface area (Å²) < 4.78 is 62.4. The Morgan fingerprint density at radius 2 is 1.67 bits per heavy atom. The van der Waals surface area contributed by atoms with E-state index in [-0.39, 0.29) is 21.9 Å². The molecular formula is C9H7BrCl2F5N. The van der Waals surface area contributed by atoms with Crippen LogP contribution in [0.25, 0.3) is 0 Å². The molecule has 1 aromatic rings. The lowest BCUT2D eigenvalue weighted by atomic mass is 10.0. The van der Waals surface area contributed by atoms with Crippen LogP contribution in [-0.2, 0) is 0 Å². The van der Waals surface area contributed by atoms with Gasteiger partial charge in [0.05, 0.1) is 0 Å². The molecule has 0 heterocycles. The van der Waals surface area contributed by atoms with Crippen LogP contribution in [0.5, 0.6) is 0 Å². The van der Waals surface area contributed by atoms with Gasteiger partial charge in [-0.3, -0.25) is 0 Å². The molecule has 0 saturated heterocycles. The minimum atomic E-state index is -5.71. The van der Waals surface area contributed by atoms with E-state index in [1.165, 1.54) is 12.1 Å². The molecule has 0 saturated carbocycles. The number of hydrogen-bond acceptors (Lipinski definition) is 1. The maximum Gasteiger partial charge on any atom is 0.455 e. The molecule has 0 aliphatic carbocycles. The largest absolute Gasteiger partial charge is 0.455 e. The van der Waals surface area contributed by atoms with Crippen molar-refractivity contribution in [2.24, 2.45) is 5.73 Å². The second-order valence-electron chi connectivity index (χ2n) is 3.26. The van der Waals surface area contributed by atoms with Crippen LogP contribution in [0.3, 0.4) is 0 Å². The zero-order valence-corrected chi connectivity index (χ0v) is 11.6. The van der Waals surface area contributed by atoms with E-state index in [0.717, 1.165) is 6.07 Å². The van der Waals surface area contributed by atoms with Crippen molar-refractivity contribution in [3.63, 3.8) is 0 Å². The SMILES string of the molecule is Cl.N[C@H](c1cc(Cl)ccc1Br)C(F)(F)C(F)(F)F. The number of halogens is 8. The molecule has 18 heavy (non-hydrogen) atoms. The van der Waals surface area contributed by atoms with Crippen LogP contribution in [0.4, 0.5) is 22.0 Å². The predicted octanol–water partition coefficient (Wildman–Crippen LogP) is 4.72. The fraction of sp³-hybridized carbons (Fsp3) is 0.333. The zero-order valence-electron chi connectivity index (χ0n) is 8.44. The summed E-state index contributed by atoms with van der Waals surface area (Å²) in [5.41, 5.74) is 4.57. The van der Waals surface area contributed by atoms with Gasteiger partial charge in [0.25, 0.3) is 0 Å². The summed E-state index contributed by atoms with van der Waals surface area (Å²) in [5, 5.41) is 0.0247. The zero-order chi connectivity index (χ0) is 13.4. The lowest BCUT2D eigenvalue weighted by Crippen LogP contribution is -2.46. The third kappa shape index (κ3) is 3.46. The molecule has 0 spiro atoms. The predicted molar refractivity (Wildman–Crippen MR) is 64.3 cm³/mol. The molecule has 0 bridgehead atoms. The van der Waals surface area contributed by atoms with Crippen LogP contribution in [-0.4, -0.2) is 12.1 Å². The summed E-state index contributed by atoms with van der Waals surface area (Å²) in [6.07, 6.45) is -5.71. The Kier molecular flexibility index (Phi) is 5.86. The third-order valence-electron chi connectivity index (χ3n) is 2.06. The van der Waals surface area contributed by atoms with E-state index >= 15 is 0 Å². The fourth-order valence-corrected chi connectivity index (χ4v) is 1.80. The molecule has 1 aromatic carbocycles. The van der Waals surface area contributed by atoms with Gasteiger partial charge >= 0.3 is 12.1 Å². The molecule has 2 N–H and O–H groups in total. The summed E-state index contributed by atoms with van der Waals surface area (Å²) in [6.45, 7) is 0. The summed E-state index contributed by atoms with van der Waals surface area (Å²) in [7, 11) is 0. The first kappa shape index (κ1) is 17.9. The summed E-state index contributed by atoms with van der Waals surface area (Å²) in [4.78, 5) is 0. The summed E-state index contributed by atoms with van der Waals surface area (Å²) in [5.74, 6) is -5.03. The molecule has 0 radical (unpaired) electrons. The fourth-order valence-electron chi connectivity index (χ4n) is 1.12. The van der Waals surface area contributed by atoms with Gasteiger partial charge in [0.15, 0.2) is 0 Å². The number of rotatable bonds is 2. The molecule has 0 unspecified atom stereocenters. The van der Waals surface area contributed by atoms with Gasteiger partial charge in [0.1, 0.15) is 6.04 Å². The second-order valence-corrected chi connectivity index (χ2v) is 4.56. The highest BCUT2D eigenvalue weighted by atomic mass is 79.9. The van der Waals surface area contributed by atoms with E-state index in [4.69, 9.17) is 17.3 Å². The Balaban J connectivity index is 0.00000289. The first-order valence-electron chi connectivity index (χ1n) is 4.22. The van der Waals surface area contributed by atoms with Crippen LogP contribution in [0.2, 0.25) is 5.02 Å². The first-order chi connectivity index (χ1) is 7.57. The lowest BCUT2D eigenvalue weighted by Gasteiger charge is -2.26. The summed E-state index contributed by atoms with van der Waals surface area (Å²) in [6, 6.07) is 1.05. The molecule has 0 aromatic heterocycles. The maximum atomic E-state index is 13.0. The topological polar surface area (TPSA) is 26.0 Å². The van der Waals surface area contributed by atoms with Crippen molar-refractivity contribution < 1.29 is 22.0 Å². The van der Waals surface area contributed by atoms with Gasteiger partial charge in [-0.25, -0.2) is 0 Å². The van der Waals surface area contributed by atoms with Gasteiger partial charge in [-0.1, -0.05) is 27.5 Å². The number of nitrogens with two attached hydrogens (primary N) is 1. The van der Waals surface area contributed by atoms with Crippen molar-refractivity contribution in [1.29, 1.82) is 0 Å². The van der Waals surface area contributed by atoms with E-state index in [0.29, 0.717) is 0 Å². The highest BCUT2D eigenvalue weighted by molar-refractivity contribution is 9.10. The number of hydrogen-bond donors (Lipinski definition) is 1. The monoisotopic (exact) mass is 373 g/mol. The smallest absolute Gasteiger partial charge is 0.319 e. The maximum absolute atomic E-state index is 13.0. The van der Waals surface area contributed by atoms with Crippen molar-refractivity contribution in [3.05, 3.63) is 33.3 Å². The van der Waals surface area contributed by atoms with Crippen molar-refractivity contribution in [3.8, 4) is 0 Å². The molecule has 0 amide bonds. The number of benzene rings is 1. The van der Waals surface area contributed by atoms with Crippen molar-refractivity contribution >= 4 is 39.9 Å². The van der Waals surface area contributed by atoms with Crippen LogP contribution in [0, 0.1) is 0 Å². The van der Waals surface area contributed by atoms with Crippen molar-refractivity contribution in [2.45, 2.75) is 18.1 Å². The van der Waals surface area contributed by atoms with Crippen LogP contribution >= 0.6 is 39.9 Å². The van der Waals surface area contributed by atoms with Gasteiger partial charge in [-0.05, 0) is 23.8 Å². The third-order valence-corrected chi connectivity index (χ3v) is 3.02. The van der Waals surface area contributed by atoms with E-state index in [2.05, 4.69) is 15.9 Å². The van der Waals surface area contributed by atoms with Gasteiger partial charge < -0.3 is 5.73 Å². The van der Waals surface area contributed by atoms with Gasteiger partial charge in [0.2, 0.25) is 0 Å². The molecular weight excluding hydrogens is 368 g/mol. The molecule has 104 valence electrons. The van der Waals surface area contributed by atoms with E-state index < -0.39 is 23.7 Å². The quantitative estimate of drug-likeness (QED) is 0.744. The lowest BCUT2D eigenvalue weighted by molar-refractivity contribution is -0.291. The molecule has 9 heteroatoms. The molecule has 0 aliphatic heterocycles. The van der Waals surface area contributed by atoms with E-state index in [9.17, 15) is 22.0 Å². The summed E-state index contributed by atoms with van der Waals surface area (Å²) >= 11 is 8.37. The molecule has 1 rings (SSSR count). The van der Waals surface area contributed by atoms with E-state index in [1.54, 1.807) is 0 Å². The minimum absolute atomic E-state index is 0. The Morgan fingerprint density at radius 3 is 2.11 bits per heavy atom. The molecule has 0 fully saturated rings. The Bertz CT molecular complexity index is 424. The molecule has 1 nitrogen and oxygen atoms in total. The second kappa shape index (κ2) is 5.90. The Morgan fingerprint density at radius 1 is 1.17 bits per heavy atom.